The lowest BCUT2D eigenvalue weighted by Crippen LogP contribution is -2.58. The van der Waals surface area contributed by atoms with Gasteiger partial charge >= 0.3 is 0 Å². The molecule has 0 radical (unpaired) electrons. The zero-order chi connectivity index (χ0) is 14.0. The van der Waals surface area contributed by atoms with Gasteiger partial charge in [-0.2, -0.15) is 0 Å². The van der Waals surface area contributed by atoms with Crippen molar-refractivity contribution in [3.8, 4) is 0 Å². The Balaban J connectivity index is 1.98. The molecule has 0 heterocycles. The monoisotopic (exact) mass is 267 g/mol. The molecule has 2 saturated carbocycles. The Kier molecular flexibility index (Phi) is 4.51. The van der Waals surface area contributed by atoms with E-state index >= 15 is 0 Å². The molecule has 2 aliphatic rings. The lowest BCUT2D eigenvalue weighted by atomic mass is 9.78. The molecule has 2 atom stereocenters. The second-order valence-corrected chi connectivity index (χ2v) is 6.92. The highest BCUT2D eigenvalue weighted by Gasteiger charge is 2.42. The first-order valence-corrected chi connectivity index (χ1v) is 7.77. The van der Waals surface area contributed by atoms with E-state index in [9.17, 15) is 4.79 Å². The molecule has 0 bridgehead atoms. The maximum Gasteiger partial charge on any atom is 0.237 e. The van der Waals surface area contributed by atoms with Crippen LogP contribution in [0, 0.1) is 5.92 Å². The smallest absolute Gasteiger partial charge is 0.237 e. The average molecular weight is 267 g/mol. The first-order valence-electron chi connectivity index (χ1n) is 7.77. The minimum atomic E-state index is -0.770. The van der Waals surface area contributed by atoms with Crippen LogP contribution in [-0.2, 0) is 4.79 Å². The van der Waals surface area contributed by atoms with Crippen molar-refractivity contribution in [3.63, 3.8) is 0 Å². The average Bonchev–Trinajstić information content (AvgIpc) is 3.13. The first-order chi connectivity index (χ1) is 8.92. The highest BCUT2D eigenvalue weighted by molar-refractivity contribution is 5.84. The predicted octanol–water partition coefficient (Wildman–Crippen LogP) is 1.62. The van der Waals surface area contributed by atoms with Crippen LogP contribution in [0.1, 0.15) is 58.8 Å². The Hall–Kier alpha value is -0.610. The number of carbonyl (C=O) groups is 1. The first kappa shape index (κ1) is 14.8. The molecule has 110 valence electrons. The largest absolute Gasteiger partial charge is 0.368 e. The fourth-order valence-corrected chi connectivity index (χ4v) is 3.26. The van der Waals surface area contributed by atoms with Gasteiger partial charge in [-0.15, -0.1) is 0 Å². The Morgan fingerprint density at radius 1 is 1.32 bits per heavy atom. The fourth-order valence-electron chi connectivity index (χ4n) is 3.26. The van der Waals surface area contributed by atoms with Crippen molar-refractivity contribution in [1.29, 1.82) is 0 Å². The van der Waals surface area contributed by atoms with Crippen molar-refractivity contribution in [2.45, 2.75) is 76.4 Å². The quantitative estimate of drug-likeness (QED) is 0.768. The van der Waals surface area contributed by atoms with Crippen LogP contribution >= 0.6 is 0 Å². The molecule has 2 aliphatic carbocycles. The van der Waals surface area contributed by atoms with Gasteiger partial charge in [0.15, 0.2) is 0 Å². The topological polar surface area (TPSA) is 72.3 Å². The van der Waals surface area contributed by atoms with E-state index in [2.05, 4.69) is 18.7 Å². The van der Waals surface area contributed by atoms with E-state index in [0.717, 1.165) is 37.8 Å². The van der Waals surface area contributed by atoms with E-state index in [-0.39, 0.29) is 5.91 Å². The van der Waals surface area contributed by atoms with Gasteiger partial charge in [-0.3, -0.25) is 9.69 Å². The van der Waals surface area contributed by atoms with Gasteiger partial charge in [0.25, 0.3) is 0 Å². The van der Waals surface area contributed by atoms with Crippen molar-refractivity contribution in [2.75, 3.05) is 6.54 Å². The summed E-state index contributed by atoms with van der Waals surface area (Å²) in [6.45, 7) is 5.67. The lowest BCUT2D eigenvalue weighted by Gasteiger charge is -2.41. The molecule has 4 heteroatoms. The van der Waals surface area contributed by atoms with Gasteiger partial charge in [-0.25, -0.2) is 0 Å². The van der Waals surface area contributed by atoms with Crippen molar-refractivity contribution in [2.24, 2.45) is 17.4 Å². The molecular weight excluding hydrogens is 238 g/mol. The summed E-state index contributed by atoms with van der Waals surface area (Å²) in [5, 5.41) is 0. The summed E-state index contributed by atoms with van der Waals surface area (Å²) < 4.78 is 0. The van der Waals surface area contributed by atoms with Crippen molar-refractivity contribution in [1.82, 2.24) is 4.90 Å². The summed E-state index contributed by atoms with van der Waals surface area (Å²) in [5.41, 5.74) is 10.9. The summed E-state index contributed by atoms with van der Waals surface area (Å²) in [6, 6.07) is 1.19. The third-order valence-electron chi connectivity index (χ3n) is 4.70. The van der Waals surface area contributed by atoms with Crippen LogP contribution in [-0.4, -0.2) is 35.0 Å². The van der Waals surface area contributed by atoms with Crippen LogP contribution in [0.5, 0.6) is 0 Å². The minimum Gasteiger partial charge on any atom is -0.368 e. The van der Waals surface area contributed by atoms with Gasteiger partial charge in [0, 0.05) is 12.1 Å². The molecule has 2 fully saturated rings. The van der Waals surface area contributed by atoms with Gasteiger partial charge in [0.1, 0.15) is 0 Å². The van der Waals surface area contributed by atoms with E-state index in [4.69, 9.17) is 11.5 Å². The van der Waals surface area contributed by atoms with Crippen LogP contribution in [0.2, 0.25) is 0 Å². The number of hydrogen-bond donors (Lipinski definition) is 2. The van der Waals surface area contributed by atoms with Crippen molar-refractivity contribution in [3.05, 3.63) is 0 Å². The van der Waals surface area contributed by atoms with Gasteiger partial charge in [-0.05, 0) is 57.4 Å². The summed E-state index contributed by atoms with van der Waals surface area (Å²) in [6.07, 6.45) is 7.53. The van der Waals surface area contributed by atoms with E-state index in [0.29, 0.717) is 6.04 Å². The zero-order valence-electron chi connectivity index (χ0n) is 12.4. The Bertz CT molecular complexity index is 327. The molecule has 4 nitrogen and oxygen atoms in total. The maximum absolute atomic E-state index is 11.6. The SMILES string of the molecule is CC(C)CCN(C1CC1)C1CCCC(N)(C(N)=O)C1. The molecule has 0 spiro atoms. The van der Waals surface area contributed by atoms with Crippen LogP contribution in [0.3, 0.4) is 0 Å². The van der Waals surface area contributed by atoms with Crippen LogP contribution in [0.4, 0.5) is 0 Å². The number of nitrogens with zero attached hydrogens (tertiary/aromatic N) is 1. The summed E-state index contributed by atoms with van der Waals surface area (Å²) in [5.74, 6) is 0.403. The lowest BCUT2D eigenvalue weighted by molar-refractivity contribution is -0.125. The number of nitrogens with two attached hydrogens (primary N) is 2. The Labute approximate surface area is 116 Å². The van der Waals surface area contributed by atoms with Gasteiger partial charge in [0.05, 0.1) is 5.54 Å². The molecule has 0 aromatic rings. The van der Waals surface area contributed by atoms with Crippen LogP contribution in [0.25, 0.3) is 0 Å². The second kappa shape index (κ2) is 5.80. The number of rotatable bonds is 6. The van der Waals surface area contributed by atoms with Crippen molar-refractivity contribution < 1.29 is 4.79 Å². The molecule has 0 aromatic heterocycles. The van der Waals surface area contributed by atoms with Gasteiger partial charge in [0.2, 0.25) is 5.91 Å². The molecule has 0 saturated heterocycles. The number of amides is 1. The fraction of sp³-hybridized carbons (Fsp3) is 0.933. The second-order valence-electron chi connectivity index (χ2n) is 6.92. The molecule has 2 unspecified atom stereocenters. The minimum absolute atomic E-state index is 0.322. The molecule has 4 N–H and O–H groups in total. The van der Waals surface area contributed by atoms with E-state index in [1.165, 1.54) is 25.7 Å². The van der Waals surface area contributed by atoms with Crippen LogP contribution < -0.4 is 11.5 Å². The summed E-state index contributed by atoms with van der Waals surface area (Å²) >= 11 is 0. The zero-order valence-corrected chi connectivity index (χ0v) is 12.4. The molecule has 0 aromatic carbocycles. The summed E-state index contributed by atoms with van der Waals surface area (Å²) in [7, 11) is 0. The van der Waals surface area contributed by atoms with E-state index in [1.807, 2.05) is 0 Å². The maximum atomic E-state index is 11.6. The predicted molar refractivity (Wildman–Crippen MR) is 77.6 cm³/mol. The highest BCUT2D eigenvalue weighted by Crippen LogP contribution is 2.36. The number of carbonyl (C=O) groups excluding carboxylic acids is 1. The molecule has 19 heavy (non-hydrogen) atoms. The van der Waals surface area contributed by atoms with E-state index < -0.39 is 5.54 Å². The molecule has 2 rings (SSSR count). The Morgan fingerprint density at radius 3 is 2.53 bits per heavy atom. The number of primary amides is 1. The van der Waals surface area contributed by atoms with Gasteiger partial charge < -0.3 is 11.5 Å². The molecular formula is C15H29N3O. The van der Waals surface area contributed by atoms with Gasteiger partial charge in [-0.1, -0.05) is 13.8 Å². The standard InChI is InChI=1S/C15H29N3O/c1-11(2)7-9-18(12-5-6-12)13-4-3-8-15(17,10-13)14(16)19/h11-13H,3-10,17H2,1-2H3,(H2,16,19). The van der Waals surface area contributed by atoms with E-state index in [1.54, 1.807) is 0 Å². The number of hydrogen-bond acceptors (Lipinski definition) is 3. The Morgan fingerprint density at radius 2 is 2.00 bits per heavy atom. The summed E-state index contributed by atoms with van der Waals surface area (Å²) in [4.78, 5) is 14.2. The highest BCUT2D eigenvalue weighted by atomic mass is 16.1. The molecule has 1 amide bonds. The third-order valence-corrected chi connectivity index (χ3v) is 4.70. The van der Waals surface area contributed by atoms with Crippen LogP contribution in [0.15, 0.2) is 0 Å². The normalized spacial score (nSPS) is 31.9. The molecule has 0 aliphatic heterocycles. The third kappa shape index (κ3) is 3.69. The van der Waals surface area contributed by atoms with Crippen molar-refractivity contribution >= 4 is 5.91 Å².